The van der Waals surface area contributed by atoms with Crippen LogP contribution in [0.15, 0.2) is 72.9 Å². The van der Waals surface area contributed by atoms with E-state index in [1.807, 2.05) is 0 Å². The maximum atomic E-state index is 12.9. The second-order valence-corrected chi connectivity index (χ2v) is 24.1. The van der Waals surface area contributed by atoms with Crippen molar-refractivity contribution in [1.82, 2.24) is 0 Å². The number of carbonyl (C=O) groups excluding carboxylic acids is 3. The van der Waals surface area contributed by atoms with Gasteiger partial charge in [0, 0.05) is 19.3 Å². The van der Waals surface area contributed by atoms with E-state index >= 15 is 0 Å². The predicted octanol–water partition coefficient (Wildman–Crippen LogP) is 24.8. The maximum absolute atomic E-state index is 12.9. The number of rotatable bonds is 66. The first-order valence-corrected chi connectivity index (χ1v) is 35.9. The van der Waals surface area contributed by atoms with E-state index in [2.05, 4.69) is 93.7 Å². The van der Waals surface area contributed by atoms with E-state index in [-0.39, 0.29) is 31.1 Å². The Balaban J connectivity index is 4.15. The first-order chi connectivity index (χ1) is 40.5. The normalized spacial score (nSPS) is 12.5. The Bertz CT molecular complexity index is 1500. The molecule has 1 unspecified atom stereocenters. The molecule has 0 radical (unpaired) electrons. The smallest absolute Gasteiger partial charge is 0.306 e. The van der Waals surface area contributed by atoms with E-state index in [9.17, 15) is 14.4 Å². The number of hydrogen-bond acceptors (Lipinski definition) is 6. The fourth-order valence-corrected chi connectivity index (χ4v) is 10.6. The summed E-state index contributed by atoms with van der Waals surface area (Å²) in [6.07, 6.45) is 92.3. The van der Waals surface area contributed by atoms with Gasteiger partial charge >= 0.3 is 17.9 Å². The second kappa shape index (κ2) is 70.3. The summed E-state index contributed by atoms with van der Waals surface area (Å²) in [5, 5.41) is 0. The number of carbonyl (C=O) groups is 3. The van der Waals surface area contributed by atoms with Crippen molar-refractivity contribution in [3.63, 3.8) is 0 Å². The van der Waals surface area contributed by atoms with Crippen LogP contribution < -0.4 is 0 Å². The quantitative estimate of drug-likeness (QED) is 0.0261. The third-order valence-electron chi connectivity index (χ3n) is 15.9. The van der Waals surface area contributed by atoms with Gasteiger partial charge in [0.2, 0.25) is 0 Å². The molecule has 0 heterocycles. The number of ether oxygens (including phenoxy) is 3. The van der Waals surface area contributed by atoms with E-state index in [0.29, 0.717) is 19.3 Å². The van der Waals surface area contributed by atoms with Crippen LogP contribution in [0.3, 0.4) is 0 Å². The molecule has 82 heavy (non-hydrogen) atoms. The van der Waals surface area contributed by atoms with E-state index < -0.39 is 6.10 Å². The minimum absolute atomic E-state index is 0.0701. The molecule has 0 rings (SSSR count). The summed E-state index contributed by atoms with van der Waals surface area (Å²) in [7, 11) is 0. The predicted molar refractivity (Wildman–Crippen MR) is 358 cm³/mol. The molecule has 1 atom stereocenters. The molecule has 0 spiro atoms. The Morgan fingerprint density at radius 2 is 0.476 bits per heavy atom. The average molecular weight is 1150 g/mol. The molecule has 0 saturated carbocycles. The minimum atomic E-state index is -0.773. The Hall–Kier alpha value is -3.15. The zero-order valence-corrected chi connectivity index (χ0v) is 54.8. The van der Waals surface area contributed by atoms with E-state index in [4.69, 9.17) is 14.2 Å². The minimum Gasteiger partial charge on any atom is -0.462 e. The molecule has 476 valence electrons. The van der Waals surface area contributed by atoms with E-state index in [0.717, 1.165) is 89.9 Å². The van der Waals surface area contributed by atoms with Crippen LogP contribution in [0, 0.1) is 0 Å². The first-order valence-electron chi connectivity index (χ1n) is 35.9. The van der Waals surface area contributed by atoms with Crippen LogP contribution in [0.25, 0.3) is 0 Å². The Morgan fingerprint density at radius 1 is 0.256 bits per heavy atom. The lowest BCUT2D eigenvalue weighted by Gasteiger charge is -2.18. The Morgan fingerprint density at radius 3 is 0.744 bits per heavy atom. The van der Waals surface area contributed by atoms with Gasteiger partial charge in [0.1, 0.15) is 13.2 Å². The van der Waals surface area contributed by atoms with Gasteiger partial charge in [0.05, 0.1) is 0 Å². The van der Waals surface area contributed by atoms with Crippen LogP contribution in [-0.2, 0) is 28.6 Å². The van der Waals surface area contributed by atoms with E-state index in [1.165, 1.54) is 244 Å². The van der Waals surface area contributed by atoms with Crippen LogP contribution in [0.5, 0.6) is 0 Å². The summed E-state index contributed by atoms with van der Waals surface area (Å²) in [6, 6.07) is 0. The first kappa shape index (κ1) is 78.8. The zero-order valence-electron chi connectivity index (χ0n) is 54.8. The molecular formula is C76H136O6. The SMILES string of the molecule is CC/C=C\C/C=C\C/C=C\C/C=C\CCCCCCCCCCCCCCCCC(=O)OCC(COC(=O)CCCCCCCCCCCC)OC(=O)CCCCCCCCCCCCCCCCC/C=C\C/C=C\CCCCCCC. The van der Waals surface area contributed by atoms with Crippen molar-refractivity contribution >= 4 is 17.9 Å². The standard InChI is InChI=1S/C76H136O6/c1-4-7-10-13-16-19-22-24-26-28-30-32-34-36-38-40-42-44-46-48-50-52-54-57-60-63-66-69-75(78)81-72-73(71-80-74(77)68-65-62-59-56-21-18-15-12-9-6-3)82-76(79)70-67-64-61-58-55-53-51-49-47-45-43-41-39-37-35-33-31-29-27-25-23-20-17-14-11-8-5-2/h7,10,16,19,23-26,29-32,73H,4-6,8-9,11-15,17-18,20-22,27-28,33-72H2,1-3H3/b10-7-,19-16-,25-23-,26-24-,31-29-,32-30-. The molecule has 0 aromatic heterocycles. The molecule has 0 aliphatic carbocycles. The summed E-state index contributed by atoms with van der Waals surface area (Å²) in [5.74, 6) is -0.850. The number of esters is 3. The van der Waals surface area contributed by atoms with E-state index in [1.54, 1.807) is 0 Å². The van der Waals surface area contributed by atoms with Gasteiger partial charge in [-0.15, -0.1) is 0 Å². The zero-order chi connectivity index (χ0) is 59.2. The Kier molecular flexibility index (Phi) is 67.6. The molecule has 0 aliphatic heterocycles. The monoisotopic (exact) mass is 1150 g/mol. The van der Waals surface area contributed by atoms with Crippen LogP contribution in [-0.4, -0.2) is 37.2 Å². The lowest BCUT2D eigenvalue weighted by atomic mass is 10.0. The third kappa shape index (κ3) is 67.6. The highest BCUT2D eigenvalue weighted by Gasteiger charge is 2.19. The molecule has 0 saturated heterocycles. The molecule has 0 bridgehead atoms. The van der Waals surface area contributed by atoms with Crippen molar-refractivity contribution in [2.45, 2.75) is 380 Å². The maximum Gasteiger partial charge on any atom is 0.306 e. The summed E-state index contributed by atoms with van der Waals surface area (Å²) < 4.78 is 17.0. The number of allylic oxidation sites excluding steroid dienone is 12. The van der Waals surface area contributed by atoms with Gasteiger partial charge in [-0.25, -0.2) is 0 Å². The molecule has 0 N–H and O–H groups in total. The molecule has 0 aromatic rings. The lowest BCUT2D eigenvalue weighted by Crippen LogP contribution is -2.30. The molecular weight excluding hydrogens is 1010 g/mol. The largest absolute Gasteiger partial charge is 0.462 e. The summed E-state index contributed by atoms with van der Waals surface area (Å²) in [5.41, 5.74) is 0. The topological polar surface area (TPSA) is 78.9 Å². The molecule has 6 nitrogen and oxygen atoms in total. The van der Waals surface area contributed by atoms with Crippen molar-refractivity contribution < 1.29 is 28.6 Å². The van der Waals surface area contributed by atoms with Crippen LogP contribution in [0.2, 0.25) is 0 Å². The van der Waals surface area contributed by atoms with Crippen molar-refractivity contribution in [3.05, 3.63) is 72.9 Å². The summed E-state index contributed by atoms with van der Waals surface area (Å²) in [6.45, 7) is 6.56. The van der Waals surface area contributed by atoms with Crippen molar-refractivity contribution in [1.29, 1.82) is 0 Å². The summed E-state index contributed by atoms with van der Waals surface area (Å²) >= 11 is 0. The Labute approximate surface area is 510 Å². The third-order valence-corrected chi connectivity index (χ3v) is 15.9. The number of hydrogen-bond donors (Lipinski definition) is 0. The highest BCUT2D eigenvalue weighted by molar-refractivity contribution is 5.71. The molecule has 0 fully saturated rings. The molecule has 0 amide bonds. The average Bonchev–Trinajstić information content (AvgIpc) is 3.48. The van der Waals surface area contributed by atoms with Crippen molar-refractivity contribution in [2.75, 3.05) is 13.2 Å². The van der Waals surface area contributed by atoms with Gasteiger partial charge in [-0.3, -0.25) is 14.4 Å². The molecule has 0 aromatic carbocycles. The highest BCUT2D eigenvalue weighted by Crippen LogP contribution is 2.18. The highest BCUT2D eigenvalue weighted by atomic mass is 16.6. The number of unbranched alkanes of at least 4 members (excludes halogenated alkanes) is 43. The van der Waals surface area contributed by atoms with Crippen LogP contribution in [0.4, 0.5) is 0 Å². The van der Waals surface area contributed by atoms with Gasteiger partial charge in [-0.1, -0.05) is 338 Å². The van der Waals surface area contributed by atoms with Crippen LogP contribution >= 0.6 is 0 Å². The van der Waals surface area contributed by atoms with Gasteiger partial charge in [-0.2, -0.15) is 0 Å². The molecule has 0 aliphatic rings. The fourth-order valence-electron chi connectivity index (χ4n) is 10.6. The van der Waals surface area contributed by atoms with Gasteiger partial charge in [-0.05, 0) is 89.9 Å². The lowest BCUT2D eigenvalue weighted by molar-refractivity contribution is -0.167. The van der Waals surface area contributed by atoms with Gasteiger partial charge < -0.3 is 14.2 Å². The second-order valence-electron chi connectivity index (χ2n) is 24.1. The van der Waals surface area contributed by atoms with Gasteiger partial charge in [0.25, 0.3) is 0 Å². The van der Waals surface area contributed by atoms with Crippen molar-refractivity contribution in [3.8, 4) is 0 Å². The molecule has 6 heteroatoms. The van der Waals surface area contributed by atoms with Gasteiger partial charge in [0.15, 0.2) is 6.10 Å². The van der Waals surface area contributed by atoms with Crippen LogP contribution in [0.1, 0.15) is 374 Å². The fraction of sp³-hybridized carbons (Fsp3) is 0.803. The van der Waals surface area contributed by atoms with Crippen molar-refractivity contribution in [2.24, 2.45) is 0 Å². The summed E-state index contributed by atoms with van der Waals surface area (Å²) in [4.78, 5) is 38.4.